The lowest BCUT2D eigenvalue weighted by molar-refractivity contribution is 0.711. The summed E-state index contributed by atoms with van der Waals surface area (Å²) in [6, 6.07) is 8.18. The number of hydrogen-bond acceptors (Lipinski definition) is 3. The van der Waals surface area contributed by atoms with Crippen LogP contribution in [0.15, 0.2) is 36.7 Å². The fourth-order valence-electron chi connectivity index (χ4n) is 2.78. The van der Waals surface area contributed by atoms with E-state index in [2.05, 4.69) is 28.3 Å². The monoisotopic (exact) mass is 287 g/mol. The summed E-state index contributed by atoms with van der Waals surface area (Å²) in [5.74, 6) is 0. The van der Waals surface area contributed by atoms with Gasteiger partial charge in [0.05, 0.1) is 10.7 Å². The molecule has 104 valence electrons. The fourth-order valence-corrected chi connectivity index (χ4v) is 3.09. The van der Waals surface area contributed by atoms with Gasteiger partial charge in [-0.2, -0.15) is 0 Å². The topological polar surface area (TPSA) is 28.2 Å². The van der Waals surface area contributed by atoms with E-state index in [1.165, 1.54) is 11.1 Å². The van der Waals surface area contributed by atoms with E-state index in [1.807, 2.05) is 30.6 Å². The third-order valence-corrected chi connectivity index (χ3v) is 4.14. The highest BCUT2D eigenvalue weighted by Gasteiger charge is 2.18. The zero-order valence-corrected chi connectivity index (χ0v) is 12.3. The Hall–Kier alpha value is -1.58. The van der Waals surface area contributed by atoms with Crippen LogP contribution in [-0.2, 0) is 12.8 Å². The Morgan fingerprint density at radius 3 is 2.65 bits per heavy atom. The van der Waals surface area contributed by atoms with Crippen molar-refractivity contribution < 1.29 is 0 Å². The summed E-state index contributed by atoms with van der Waals surface area (Å²) < 4.78 is 0. The molecule has 20 heavy (non-hydrogen) atoms. The molecule has 4 heteroatoms. The van der Waals surface area contributed by atoms with Gasteiger partial charge in [-0.05, 0) is 55.3 Å². The molecule has 3 nitrogen and oxygen atoms in total. The molecule has 1 aliphatic heterocycles. The molecule has 0 radical (unpaired) electrons. The highest BCUT2D eigenvalue weighted by atomic mass is 35.5. The fraction of sp³-hybridized carbons (Fsp3) is 0.312. The third kappa shape index (κ3) is 2.51. The van der Waals surface area contributed by atoms with Crippen molar-refractivity contribution in [1.29, 1.82) is 0 Å². The van der Waals surface area contributed by atoms with Crippen LogP contribution in [-0.4, -0.2) is 25.1 Å². The largest absolute Gasteiger partial charge is 0.343 e. The van der Waals surface area contributed by atoms with Gasteiger partial charge >= 0.3 is 0 Å². The molecule has 0 fully saturated rings. The molecule has 0 aliphatic carbocycles. The van der Waals surface area contributed by atoms with Gasteiger partial charge in [0.2, 0.25) is 0 Å². The van der Waals surface area contributed by atoms with Crippen molar-refractivity contribution in [3.8, 4) is 0 Å². The summed E-state index contributed by atoms with van der Waals surface area (Å²) in [4.78, 5) is 6.24. The van der Waals surface area contributed by atoms with Crippen LogP contribution < -0.4 is 10.2 Å². The van der Waals surface area contributed by atoms with Crippen molar-refractivity contribution in [1.82, 2.24) is 10.3 Å². The van der Waals surface area contributed by atoms with Crippen molar-refractivity contribution in [3.05, 3.63) is 52.8 Å². The van der Waals surface area contributed by atoms with Crippen molar-refractivity contribution in [3.63, 3.8) is 0 Å². The molecule has 1 N–H and O–H groups in total. The zero-order valence-electron chi connectivity index (χ0n) is 11.6. The number of nitrogens with zero attached hydrogens (tertiary/aromatic N) is 2. The van der Waals surface area contributed by atoms with Crippen LogP contribution in [0.25, 0.3) is 0 Å². The molecule has 0 unspecified atom stereocenters. The molecular formula is C16H18ClN3. The number of benzene rings is 1. The maximum absolute atomic E-state index is 6.48. The van der Waals surface area contributed by atoms with Crippen LogP contribution >= 0.6 is 11.6 Å². The highest BCUT2D eigenvalue weighted by molar-refractivity contribution is 6.33. The lowest BCUT2D eigenvalue weighted by Crippen LogP contribution is -2.17. The number of anilines is 2. The maximum Gasteiger partial charge on any atom is 0.0646 e. The Kier molecular flexibility index (Phi) is 3.90. The molecule has 1 aromatic carbocycles. The molecule has 1 aliphatic rings. The van der Waals surface area contributed by atoms with Crippen molar-refractivity contribution >= 4 is 23.0 Å². The minimum atomic E-state index is 0.810. The summed E-state index contributed by atoms with van der Waals surface area (Å²) in [6.45, 7) is 2.04. The van der Waals surface area contributed by atoms with Crippen LogP contribution in [0.1, 0.15) is 11.1 Å². The molecule has 0 spiro atoms. The first-order valence-corrected chi connectivity index (χ1v) is 7.30. The summed E-state index contributed by atoms with van der Waals surface area (Å²) in [5.41, 5.74) is 4.99. The van der Waals surface area contributed by atoms with Gasteiger partial charge in [0.25, 0.3) is 0 Å². The summed E-state index contributed by atoms with van der Waals surface area (Å²) in [5, 5.41) is 4.26. The Morgan fingerprint density at radius 1 is 1.10 bits per heavy atom. The van der Waals surface area contributed by atoms with E-state index in [4.69, 9.17) is 11.6 Å². The molecule has 1 aromatic heterocycles. The average molecular weight is 288 g/mol. The second-order valence-electron chi connectivity index (χ2n) is 5.05. The van der Waals surface area contributed by atoms with E-state index in [1.54, 1.807) is 0 Å². The van der Waals surface area contributed by atoms with Crippen molar-refractivity contribution in [2.75, 3.05) is 25.0 Å². The summed E-state index contributed by atoms with van der Waals surface area (Å²) in [7, 11) is 2.06. The molecular weight excluding hydrogens is 270 g/mol. The number of pyridine rings is 1. The van der Waals surface area contributed by atoms with Crippen molar-refractivity contribution in [2.24, 2.45) is 0 Å². The third-order valence-electron chi connectivity index (χ3n) is 3.84. The lowest BCUT2D eigenvalue weighted by Gasteiger charge is -2.25. The van der Waals surface area contributed by atoms with Crippen LogP contribution in [0.5, 0.6) is 0 Å². The van der Waals surface area contributed by atoms with E-state index in [-0.39, 0.29) is 0 Å². The standard InChI is InChI=1S/C16H18ClN3/c1-20(13-5-9-19-10-6-13)16-14-7-11-18-8-4-12(14)2-3-15(16)17/h2-3,5-6,9-10,18H,4,7-8,11H2,1H3. The van der Waals surface area contributed by atoms with Crippen LogP contribution in [0, 0.1) is 0 Å². The van der Waals surface area contributed by atoms with E-state index < -0.39 is 0 Å². The van der Waals surface area contributed by atoms with E-state index in [9.17, 15) is 0 Å². The predicted molar refractivity (Wildman–Crippen MR) is 84.0 cm³/mol. The van der Waals surface area contributed by atoms with Crippen LogP contribution in [0.3, 0.4) is 0 Å². The molecule has 0 amide bonds. The van der Waals surface area contributed by atoms with Gasteiger partial charge in [-0.3, -0.25) is 4.98 Å². The van der Waals surface area contributed by atoms with Crippen molar-refractivity contribution in [2.45, 2.75) is 12.8 Å². The molecule has 2 aromatic rings. The molecule has 0 bridgehead atoms. The first-order valence-electron chi connectivity index (χ1n) is 6.92. The van der Waals surface area contributed by atoms with E-state index >= 15 is 0 Å². The quantitative estimate of drug-likeness (QED) is 0.919. The normalized spacial score (nSPS) is 14.5. The molecule has 3 rings (SSSR count). The zero-order chi connectivity index (χ0) is 13.9. The first-order chi connectivity index (χ1) is 9.77. The summed E-state index contributed by atoms with van der Waals surface area (Å²) >= 11 is 6.48. The minimum absolute atomic E-state index is 0.810. The Balaban J connectivity index is 2.08. The number of hydrogen-bond donors (Lipinski definition) is 1. The predicted octanol–water partition coefficient (Wildman–Crippen LogP) is 3.19. The van der Waals surface area contributed by atoms with E-state index in [0.29, 0.717) is 0 Å². The second-order valence-corrected chi connectivity index (χ2v) is 5.46. The smallest absolute Gasteiger partial charge is 0.0646 e. The highest BCUT2D eigenvalue weighted by Crippen LogP contribution is 2.36. The number of nitrogens with one attached hydrogen (secondary N) is 1. The van der Waals surface area contributed by atoms with Gasteiger partial charge in [0.1, 0.15) is 0 Å². The Bertz CT molecular complexity index is 598. The maximum atomic E-state index is 6.48. The van der Waals surface area contributed by atoms with Crippen LogP contribution in [0.2, 0.25) is 5.02 Å². The van der Waals surface area contributed by atoms with Gasteiger partial charge in [-0.15, -0.1) is 0 Å². The Morgan fingerprint density at radius 2 is 1.85 bits per heavy atom. The lowest BCUT2D eigenvalue weighted by atomic mass is 10.00. The number of aromatic nitrogens is 1. The number of rotatable bonds is 2. The van der Waals surface area contributed by atoms with Gasteiger partial charge in [-0.25, -0.2) is 0 Å². The molecule has 2 heterocycles. The molecule has 0 atom stereocenters. The minimum Gasteiger partial charge on any atom is -0.343 e. The Labute approximate surface area is 124 Å². The SMILES string of the molecule is CN(c1ccncc1)c1c(Cl)ccc2c1CCNCC2. The summed E-state index contributed by atoms with van der Waals surface area (Å²) in [6.07, 6.45) is 5.69. The van der Waals surface area contributed by atoms with Gasteiger partial charge in [-0.1, -0.05) is 17.7 Å². The van der Waals surface area contributed by atoms with Gasteiger partial charge in [0, 0.05) is 25.1 Å². The van der Waals surface area contributed by atoms with Gasteiger partial charge < -0.3 is 10.2 Å². The van der Waals surface area contributed by atoms with E-state index in [0.717, 1.165) is 42.3 Å². The van der Waals surface area contributed by atoms with Gasteiger partial charge in [0.15, 0.2) is 0 Å². The number of halogens is 1. The number of fused-ring (bicyclic) bond motifs is 1. The molecule has 0 saturated heterocycles. The second kappa shape index (κ2) is 5.81. The molecule has 0 saturated carbocycles. The average Bonchev–Trinajstić information content (AvgIpc) is 2.73. The first kappa shape index (κ1) is 13.4. The van der Waals surface area contributed by atoms with Crippen LogP contribution in [0.4, 0.5) is 11.4 Å².